The molecule has 16 heavy (non-hydrogen) atoms. The van der Waals surface area contributed by atoms with Gasteiger partial charge in [-0.1, -0.05) is 17.7 Å². The number of benzene rings is 1. The van der Waals surface area contributed by atoms with Gasteiger partial charge >= 0.3 is 5.97 Å². The fourth-order valence-electron chi connectivity index (χ4n) is 1.01. The van der Waals surface area contributed by atoms with Crippen LogP contribution >= 0.6 is 23.4 Å². The maximum Gasteiger partial charge on any atom is 0.321 e. The number of aliphatic carboxylic acids is 1. The molecule has 1 aromatic carbocycles. The van der Waals surface area contributed by atoms with Gasteiger partial charge in [-0.3, -0.25) is 4.79 Å². The number of hydrogen-bond donors (Lipinski definition) is 2. The van der Waals surface area contributed by atoms with Crippen LogP contribution in [0.1, 0.15) is 5.56 Å². The van der Waals surface area contributed by atoms with Crippen molar-refractivity contribution in [1.29, 1.82) is 0 Å². The van der Waals surface area contributed by atoms with Gasteiger partial charge in [0.15, 0.2) is 0 Å². The third-order valence-electron chi connectivity index (χ3n) is 1.89. The molecule has 0 aromatic heterocycles. The lowest BCUT2D eigenvalue weighted by Gasteiger charge is -2.06. The summed E-state index contributed by atoms with van der Waals surface area (Å²) in [6, 6.07) is 3.49. The van der Waals surface area contributed by atoms with Crippen LogP contribution in [0.25, 0.3) is 0 Å². The number of carboxylic acids is 1. The third kappa shape index (κ3) is 4.00. The Morgan fingerprint density at radius 1 is 1.62 bits per heavy atom. The van der Waals surface area contributed by atoms with Crippen molar-refractivity contribution in [1.82, 2.24) is 0 Å². The zero-order valence-electron chi connectivity index (χ0n) is 8.32. The summed E-state index contributed by atoms with van der Waals surface area (Å²) in [5, 5.41) is 8.88. The zero-order valence-corrected chi connectivity index (χ0v) is 9.89. The lowest BCUT2D eigenvalue weighted by molar-refractivity contribution is -0.137. The summed E-state index contributed by atoms with van der Waals surface area (Å²) >= 11 is 6.87. The number of thioether (sulfide) groups is 1. The maximum absolute atomic E-state index is 13.3. The Kier molecular flexibility index (Phi) is 5.05. The van der Waals surface area contributed by atoms with Crippen LogP contribution in [0.5, 0.6) is 0 Å². The number of carboxylic acid groups (broad SMARTS) is 1. The van der Waals surface area contributed by atoms with E-state index >= 15 is 0 Å². The predicted molar refractivity (Wildman–Crippen MR) is 63.2 cm³/mol. The van der Waals surface area contributed by atoms with Crippen molar-refractivity contribution < 1.29 is 14.3 Å². The number of rotatable bonds is 5. The highest BCUT2D eigenvalue weighted by molar-refractivity contribution is 7.98. The molecule has 0 radical (unpaired) electrons. The van der Waals surface area contributed by atoms with Crippen LogP contribution in [0, 0.1) is 5.82 Å². The number of hydrogen-bond acceptors (Lipinski definition) is 3. The van der Waals surface area contributed by atoms with Crippen LogP contribution in [-0.4, -0.2) is 22.9 Å². The maximum atomic E-state index is 13.3. The molecule has 1 rings (SSSR count). The first-order valence-corrected chi connectivity index (χ1v) is 6.04. The molecule has 3 nitrogen and oxygen atoms in total. The SMILES string of the molecule is N[C@@H](CSCc1ccc(Cl)cc1F)C(=O)O. The fourth-order valence-corrected chi connectivity index (χ4v) is 2.13. The smallest absolute Gasteiger partial charge is 0.321 e. The van der Waals surface area contributed by atoms with Gasteiger partial charge in [-0.15, -0.1) is 0 Å². The monoisotopic (exact) mass is 263 g/mol. The molecule has 3 N–H and O–H groups in total. The molecule has 6 heteroatoms. The van der Waals surface area contributed by atoms with E-state index in [1.165, 1.54) is 17.8 Å². The van der Waals surface area contributed by atoms with Crippen molar-refractivity contribution in [3.63, 3.8) is 0 Å². The van der Waals surface area contributed by atoms with Crippen molar-refractivity contribution in [3.8, 4) is 0 Å². The summed E-state index contributed by atoms with van der Waals surface area (Å²) in [6.45, 7) is 0. The first-order valence-electron chi connectivity index (χ1n) is 4.50. The molecular formula is C10H11ClFNO2S. The van der Waals surface area contributed by atoms with Crippen LogP contribution in [-0.2, 0) is 10.5 Å². The van der Waals surface area contributed by atoms with Gasteiger partial charge in [-0.05, 0) is 17.7 Å². The van der Waals surface area contributed by atoms with E-state index in [4.69, 9.17) is 22.4 Å². The van der Waals surface area contributed by atoms with Crippen LogP contribution < -0.4 is 5.73 Å². The third-order valence-corrected chi connectivity index (χ3v) is 3.23. The Labute approximate surface area is 102 Å². The van der Waals surface area contributed by atoms with Gasteiger partial charge in [-0.25, -0.2) is 4.39 Å². The van der Waals surface area contributed by atoms with E-state index in [9.17, 15) is 9.18 Å². The first kappa shape index (κ1) is 13.3. The minimum absolute atomic E-state index is 0.247. The fraction of sp³-hybridized carbons (Fsp3) is 0.300. The zero-order chi connectivity index (χ0) is 12.1. The summed E-state index contributed by atoms with van der Waals surface area (Å²) in [4.78, 5) is 10.4. The molecule has 1 atom stereocenters. The van der Waals surface area contributed by atoms with Crippen LogP contribution in [0.2, 0.25) is 5.02 Å². The molecule has 0 saturated carbocycles. The summed E-state index contributed by atoms with van der Waals surface area (Å²) in [5.41, 5.74) is 5.80. The van der Waals surface area contributed by atoms with Crippen molar-refractivity contribution in [2.45, 2.75) is 11.8 Å². The Hall–Kier alpha value is -0.780. The molecule has 0 bridgehead atoms. The highest BCUT2D eigenvalue weighted by atomic mass is 35.5. The lowest BCUT2D eigenvalue weighted by atomic mass is 10.2. The largest absolute Gasteiger partial charge is 0.480 e. The van der Waals surface area contributed by atoms with E-state index in [1.54, 1.807) is 12.1 Å². The Morgan fingerprint density at radius 2 is 2.31 bits per heavy atom. The summed E-state index contributed by atoms with van der Waals surface area (Å²) in [5.74, 6) is -0.811. The Morgan fingerprint density at radius 3 is 2.88 bits per heavy atom. The second-order valence-electron chi connectivity index (χ2n) is 3.20. The normalized spacial score (nSPS) is 12.4. The summed E-state index contributed by atoms with van der Waals surface area (Å²) < 4.78 is 13.3. The van der Waals surface area contributed by atoms with E-state index in [1.807, 2.05) is 0 Å². The average molecular weight is 264 g/mol. The molecule has 0 aliphatic rings. The second-order valence-corrected chi connectivity index (χ2v) is 4.66. The van der Waals surface area contributed by atoms with Gasteiger partial charge in [0.25, 0.3) is 0 Å². The Balaban J connectivity index is 2.46. The molecule has 0 fully saturated rings. The predicted octanol–water partition coefficient (Wildman–Crippen LogP) is 2.12. The minimum Gasteiger partial charge on any atom is -0.480 e. The molecule has 88 valence electrons. The van der Waals surface area contributed by atoms with Crippen LogP contribution in [0.4, 0.5) is 4.39 Å². The highest BCUT2D eigenvalue weighted by Gasteiger charge is 2.11. The second kappa shape index (κ2) is 6.08. The van der Waals surface area contributed by atoms with Crippen LogP contribution in [0.15, 0.2) is 18.2 Å². The van der Waals surface area contributed by atoms with Crippen molar-refractivity contribution >= 4 is 29.3 Å². The molecule has 0 amide bonds. The van der Waals surface area contributed by atoms with Crippen LogP contribution in [0.3, 0.4) is 0 Å². The molecule has 0 aliphatic carbocycles. The Bertz CT molecular complexity index is 389. The quantitative estimate of drug-likeness (QED) is 0.854. The van der Waals surface area contributed by atoms with Gasteiger partial charge in [0, 0.05) is 16.5 Å². The topological polar surface area (TPSA) is 63.3 Å². The first-order chi connectivity index (χ1) is 7.50. The molecule has 0 heterocycles. The number of carbonyl (C=O) groups is 1. The molecule has 0 unspecified atom stereocenters. The van der Waals surface area contributed by atoms with Gasteiger partial charge in [-0.2, -0.15) is 11.8 Å². The van der Waals surface area contributed by atoms with E-state index in [-0.39, 0.29) is 11.6 Å². The molecule has 1 aromatic rings. The van der Waals surface area contributed by atoms with Gasteiger partial charge in [0.05, 0.1) is 0 Å². The van der Waals surface area contributed by atoms with Crippen molar-refractivity contribution in [2.24, 2.45) is 5.73 Å². The van der Waals surface area contributed by atoms with E-state index in [0.717, 1.165) is 0 Å². The minimum atomic E-state index is -1.05. The highest BCUT2D eigenvalue weighted by Crippen LogP contribution is 2.19. The molecule has 0 saturated heterocycles. The van der Waals surface area contributed by atoms with E-state index in [0.29, 0.717) is 16.3 Å². The van der Waals surface area contributed by atoms with Crippen molar-refractivity contribution in [2.75, 3.05) is 5.75 Å². The van der Waals surface area contributed by atoms with E-state index in [2.05, 4.69) is 0 Å². The molecular weight excluding hydrogens is 253 g/mol. The summed E-state index contributed by atoms with van der Waals surface area (Å²) in [6.07, 6.45) is 0. The number of nitrogens with two attached hydrogens (primary N) is 1. The van der Waals surface area contributed by atoms with E-state index < -0.39 is 12.0 Å². The van der Waals surface area contributed by atoms with Gasteiger partial charge < -0.3 is 10.8 Å². The molecule has 0 spiro atoms. The average Bonchev–Trinajstić information content (AvgIpc) is 2.20. The standard InChI is InChI=1S/C10H11ClFNO2S/c11-7-2-1-6(8(12)3-7)4-16-5-9(13)10(14)15/h1-3,9H,4-5,13H2,(H,14,15)/t9-/m0/s1. The molecule has 0 aliphatic heterocycles. The van der Waals surface area contributed by atoms with Crippen molar-refractivity contribution in [3.05, 3.63) is 34.6 Å². The van der Waals surface area contributed by atoms with Gasteiger partial charge in [0.2, 0.25) is 0 Å². The number of halogens is 2. The lowest BCUT2D eigenvalue weighted by Crippen LogP contribution is -2.32. The summed E-state index contributed by atoms with van der Waals surface area (Å²) in [7, 11) is 0. The van der Waals surface area contributed by atoms with Gasteiger partial charge in [0.1, 0.15) is 11.9 Å².